The third-order valence-corrected chi connectivity index (χ3v) is 4.41. The van der Waals surface area contributed by atoms with Crippen LogP contribution in [0.15, 0.2) is 0 Å². The minimum atomic E-state index is 0.209. The van der Waals surface area contributed by atoms with E-state index in [0.717, 1.165) is 24.2 Å². The molecule has 1 saturated carbocycles. The third kappa shape index (κ3) is 3.32. The van der Waals surface area contributed by atoms with Crippen molar-refractivity contribution in [1.29, 1.82) is 0 Å². The molecule has 0 heterocycles. The smallest absolute Gasteiger partial charge is 0.130 e. The lowest BCUT2D eigenvalue weighted by molar-refractivity contribution is -0.120. The molecule has 0 aromatic rings. The van der Waals surface area contributed by atoms with Gasteiger partial charge in [-0.15, -0.1) is 0 Å². The summed E-state index contributed by atoms with van der Waals surface area (Å²) in [6, 6.07) is 0. The molecule has 1 heteroatoms. The van der Waals surface area contributed by atoms with E-state index >= 15 is 0 Å². The number of hydrogen-bond acceptors (Lipinski definition) is 1. The SMILES string of the molecule is CC(=O)CC(C)(C)C1CCC(C)C(C)C1. The second-order valence-electron chi connectivity index (χ2n) is 6.33. The molecule has 0 N–H and O–H groups in total. The van der Waals surface area contributed by atoms with Crippen LogP contribution in [0.4, 0.5) is 0 Å². The van der Waals surface area contributed by atoms with E-state index in [1.165, 1.54) is 19.3 Å². The van der Waals surface area contributed by atoms with Crippen LogP contribution in [0.1, 0.15) is 60.3 Å². The lowest BCUT2D eigenvalue weighted by Gasteiger charge is -2.41. The van der Waals surface area contributed by atoms with Crippen molar-refractivity contribution in [1.82, 2.24) is 0 Å². The van der Waals surface area contributed by atoms with E-state index < -0.39 is 0 Å². The fourth-order valence-corrected chi connectivity index (χ4v) is 3.04. The van der Waals surface area contributed by atoms with Crippen LogP contribution >= 0.6 is 0 Å². The molecule has 0 aromatic carbocycles. The van der Waals surface area contributed by atoms with Crippen LogP contribution in [0.5, 0.6) is 0 Å². The monoisotopic (exact) mass is 210 g/mol. The quantitative estimate of drug-likeness (QED) is 0.686. The average Bonchev–Trinajstić information content (AvgIpc) is 2.07. The van der Waals surface area contributed by atoms with Crippen LogP contribution in [0, 0.1) is 23.2 Å². The molecule has 0 saturated heterocycles. The predicted molar refractivity (Wildman–Crippen MR) is 64.7 cm³/mol. The number of ketones is 1. The summed E-state index contributed by atoms with van der Waals surface area (Å²) in [5.74, 6) is 2.78. The van der Waals surface area contributed by atoms with Crippen molar-refractivity contribution in [2.75, 3.05) is 0 Å². The second-order valence-corrected chi connectivity index (χ2v) is 6.33. The molecule has 0 aliphatic heterocycles. The van der Waals surface area contributed by atoms with Gasteiger partial charge in [0.1, 0.15) is 5.78 Å². The topological polar surface area (TPSA) is 17.1 Å². The van der Waals surface area contributed by atoms with Gasteiger partial charge < -0.3 is 4.79 Å². The van der Waals surface area contributed by atoms with Gasteiger partial charge in [-0.25, -0.2) is 0 Å². The summed E-state index contributed by atoms with van der Waals surface area (Å²) < 4.78 is 0. The fraction of sp³-hybridized carbons (Fsp3) is 0.929. The summed E-state index contributed by atoms with van der Waals surface area (Å²) >= 11 is 0. The third-order valence-electron chi connectivity index (χ3n) is 4.41. The molecule has 0 spiro atoms. The summed E-state index contributed by atoms with van der Waals surface area (Å²) in [7, 11) is 0. The van der Waals surface area contributed by atoms with E-state index in [0.29, 0.717) is 5.78 Å². The first-order valence-electron chi connectivity index (χ1n) is 6.32. The van der Waals surface area contributed by atoms with Gasteiger partial charge in [-0.05, 0) is 42.9 Å². The van der Waals surface area contributed by atoms with Gasteiger partial charge in [0.15, 0.2) is 0 Å². The van der Waals surface area contributed by atoms with E-state index in [2.05, 4.69) is 27.7 Å². The zero-order valence-corrected chi connectivity index (χ0v) is 11.0. The molecule has 0 radical (unpaired) electrons. The molecule has 0 aromatic heterocycles. The van der Waals surface area contributed by atoms with Crippen LogP contribution in [-0.2, 0) is 4.79 Å². The number of Topliss-reactive ketones (excluding diaryl/α,β-unsaturated/α-hetero) is 1. The van der Waals surface area contributed by atoms with Crippen molar-refractivity contribution in [2.45, 2.75) is 60.3 Å². The highest BCUT2D eigenvalue weighted by atomic mass is 16.1. The van der Waals surface area contributed by atoms with Gasteiger partial charge in [-0.1, -0.05) is 34.1 Å². The maximum absolute atomic E-state index is 11.2. The van der Waals surface area contributed by atoms with Gasteiger partial charge in [0.05, 0.1) is 0 Å². The Balaban J connectivity index is 2.60. The zero-order valence-electron chi connectivity index (χ0n) is 11.0. The maximum Gasteiger partial charge on any atom is 0.130 e. The summed E-state index contributed by atoms with van der Waals surface area (Å²) in [6.45, 7) is 11.0. The highest BCUT2D eigenvalue weighted by Crippen LogP contribution is 2.44. The first-order valence-corrected chi connectivity index (χ1v) is 6.32. The number of carbonyl (C=O) groups excluding carboxylic acids is 1. The molecule has 3 unspecified atom stereocenters. The minimum Gasteiger partial charge on any atom is -0.300 e. The van der Waals surface area contributed by atoms with Gasteiger partial charge in [0, 0.05) is 6.42 Å². The molecule has 1 nitrogen and oxygen atoms in total. The lowest BCUT2D eigenvalue weighted by atomic mass is 9.64. The molecule has 15 heavy (non-hydrogen) atoms. The molecule has 1 aliphatic carbocycles. The van der Waals surface area contributed by atoms with E-state index in [1.54, 1.807) is 6.92 Å². The molecular weight excluding hydrogens is 184 g/mol. The van der Waals surface area contributed by atoms with Crippen LogP contribution in [-0.4, -0.2) is 5.78 Å². The zero-order chi connectivity index (χ0) is 11.6. The summed E-state index contributed by atoms with van der Waals surface area (Å²) in [5.41, 5.74) is 0.209. The Morgan fingerprint density at radius 2 is 1.80 bits per heavy atom. The van der Waals surface area contributed by atoms with E-state index in [4.69, 9.17) is 0 Å². The first-order chi connectivity index (χ1) is 6.83. The second kappa shape index (κ2) is 4.67. The maximum atomic E-state index is 11.2. The van der Waals surface area contributed by atoms with E-state index in [1.807, 2.05) is 0 Å². The minimum absolute atomic E-state index is 0.209. The van der Waals surface area contributed by atoms with Crippen molar-refractivity contribution in [3.63, 3.8) is 0 Å². The Hall–Kier alpha value is -0.330. The average molecular weight is 210 g/mol. The van der Waals surface area contributed by atoms with Gasteiger partial charge in [-0.2, -0.15) is 0 Å². The summed E-state index contributed by atoms with van der Waals surface area (Å²) in [6.07, 6.45) is 4.71. The molecule has 3 atom stereocenters. The molecule has 0 bridgehead atoms. The van der Waals surface area contributed by atoms with Crippen LogP contribution in [0.3, 0.4) is 0 Å². The molecule has 88 valence electrons. The summed E-state index contributed by atoms with van der Waals surface area (Å²) in [5, 5.41) is 0. The van der Waals surface area contributed by atoms with Gasteiger partial charge >= 0.3 is 0 Å². The lowest BCUT2D eigenvalue weighted by Crippen LogP contribution is -2.32. The van der Waals surface area contributed by atoms with Gasteiger partial charge in [0.2, 0.25) is 0 Å². The van der Waals surface area contributed by atoms with Crippen molar-refractivity contribution in [3.8, 4) is 0 Å². The van der Waals surface area contributed by atoms with Crippen molar-refractivity contribution in [3.05, 3.63) is 0 Å². The van der Waals surface area contributed by atoms with Gasteiger partial charge in [0.25, 0.3) is 0 Å². The molecule has 1 fully saturated rings. The molecular formula is C14H26O. The predicted octanol–water partition coefficient (Wildman–Crippen LogP) is 4.06. The van der Waals surface area contributed by atoms with E-state index in [9.17, 15) is 4.79 Å². The largest absolute Gasteiger partial charge is 0.300 e. The standard InChI is InChI=1S/C14H26O/c1-10-6-7-13(8-11(10)2)14(4,5)9-12(3)15/h10-11,13H,6-9H2,1-5H3. The first kappa shape index (κ1) is 12.7. The van der Waals surface area contributed by atoms with Crippen molar-refractivity contribution < 1.29 is 4.79 Å². The Kier molecular flexibility index (Phi) is 3.97. The number of rotatable bonds is 3. The fourth-order valence-electron chi connectivity index (χ4n) is 3.04. The molecule has 1 aliphatic rings. The Labute approximate surface area is 94.6 Å². The van der Waals surface area contributed by atoms with Gasteiger partial charge in [-0.3, -0.25) is 0 Å². The van der Waals surface area contributed by atoms with Crippen LogP contribution in [0.2, 0.25) is 0 Å². The highest BCUT2D eigenvalue weighted by Gasteiger charge is 2.35. The van der Waals surface area contributed by atoms with Crippen LogP contribution in [0.25, 0.3) is 0 Å². The number of carbonyl (C=O) groups is 1. The molecule has 0 amide bonds. The Bertz CT molecular complexity index is 229. The Morgan fingerprint density at radius 1 is 1.20 bits per heavy atom. The summed E-state index contributed by atoms with van der Waals surface area (Å²) in [4.78, 5) is 11.2. The Morgan fingerprint density at radius 3 is 2.27 bits per heavy atom. The highest BCUT2D eigenvalue weighted by molar-refractivity contribution is 5.76. The number of hydrogen-bond donors (Lipinski definition) is 0. The van der Waals surface area contributed by atoms with Crippen molar-refractivity contribution in [2.24, 2.45) is 23.2 Å². The van der Waals surface area contributed by atoms with Crippen molar-refractivity contribution >= 4 is 5.78 Å². The molecule has 1 rings (SSSR count). The normalized spacial score (nSPS) is 32.7. The van der Waals surface area contributed by atoms with E-state index in [-0.39, 0.29) is 5.41 Å². The van der Waals surface area contributed by atoms with Crippen LogP contribution < -0.4 is 0 Å².